The van der Waals surface area contributed by atoms with Gasteiger partial charge in [0.1, 0.15) is 5.69 Å². The highest BCUT2D eigenvalue weighted by atomic mass is 16.5. The number of ether oxygens (including phenoxy) is 1. The van der Waals surface area contributed by atoms with E-state index in [0.29, 0.717) is 31.1 Å². The fraction of sp³-hybridized carbons (Fsp3) is 0.571. The first-order valence-electron chi connectivity index (χ1n) is 6.96. The lowest BCUT2D eigenvalue weighted by Crippen LogP contribution is -2.39. The average Bonchev–Trinajstić information content (AvgIpc) is 2.83. The normalized spacial score (nSPS) is 10.4. The smallest absolute Gasteiger partial charge is 0.270 e. The monoisotopic (exact) mass is 296 g/mol. The Morgan fingerprint density at radius 2 is 2.19 bits per heavy atom. The van der Waals surface area contributed by atoms with Gasteiger partial charge in [-0.05, 0) is 19.4 Å². The molecular weight excluding hydrogens is 272 g/mol. The van der Waals surface area contributed by atoms with Crippen LogP contribution in [0.5, 0.6) is 0 Å². The molecule has 118 valence electrons. The Labute approximate surface area is 125 Å². The summed E-state index contributed by atoms with van der Waals surface area (Å²) in [5.74, 6) is -0.412. The summed E-state index contributed by atoms with van der Waals surface area (Å²) in [6.45, 7) is 3.72. The van der Waals surface area contributed by atoms with E-state index in [1.165, 1.54) is 4.90 Å². The topological polar surface area (TPSA) is 89.6 Å². The van der Waals surface area contributed by atoms with Gasteiger partial charge in [0, 0.05) is 40.1 Å². The van der Waals surface area contributed by atoms with Gasteiger partial charge < -0.3 is 25.3 Å². The number of nitrogen functional groups attached to an aromatic ring is 1. The molecular formula is C14H24N4O3. The molecule has 21 heavy (non-hydrogen) atoms. The molecule has 0 aliphatic rings. The fourth-order valence-electron chi connectivity index (χ4n) is 1.96. The first-order chi connectivity index (χ1) is 9.99. The number of aryl methyl sites for hydroxylation is 1. The van der Waals surface area contributed by atoms with Gasteiger partial charge in [-0.25, -0.2) is 0 Å². The van der Waals surface area contributed by atoms with Gasteiger partial charge >= 0.3 is 0 Å². The van der Waals surface area contributed by atoms with Crippen LogP contribution in [0.1, 0.15) is 23.8 Å². The van der Waals surface area contributed by atoms with Gasteiger partial charge in [0.2, 0.25) is 5.91 Å². The lowest BCUT2D eigenvalue weighted by atomic mass is 10.3. The molecule has 0 saturated heterocycles. The molecule has 0 aromatic carbocycles. The maximum absolute atomic E-state index is 12.3. The van der Waals surface area contributed by atoms with E-state index >= 15 is 0 Å². The molecule has 0 spiro atoms. The number of rotatable bonds is 8. The van der Waals surface area contributed by atoms with E-state index in [1.807, 2.05) is 6.92 Å². The van der Waals surface area contributed by atoms with Gasteiger partial charge in [0.05, 0.1) is 12.2 Å². The minimum absolute atomic E-state index is 0.0145. The summed E-state index contributed by atoms with van der Waals surface area (Å²) in [6, 6.07) is 1.62. The number of amides is 2. The molecule has 1 rings (SSSR count). The molecule has 0 aliphatic heterocycles. The van der Waals surface area contributed by atoms with Gasteiger partial charge in [-0.15, -0.1) is 0 Å². The first-order valence-corrected chi connectivity index (χ1v) is 6.96. The number of likely N-dealkylation sites (N-methyl/N-ethyl adjacent to an activating group) is 1. The Morgan fingerprint density at radius 1 is 1.48 bits per heavy atom. The van der Waals surface area contributed by atoms with Crippen molar-refractivity contribution < 1.29 is 14.3 Å². The maximum Gasteiger partial charge on any atom is 0.270 e. The third-order valence-electron chi connectivity index (χ3n) is 3.05. The predicted octanol–water partition coefficient (Wildman–Crippen LogP) is 0.315. The summed E-state index contributed by atoms with van der Waals surface area (Å²) >= 11 is 0. The number of hydrogen-bond acceptors (Lipinski definition) is 4. The molecule has 0 unspecified atom stereocenters. The lowest BCUT2D eigenvalue weighted by molar-refractivity contribution is -0.121. The zero-order chi connectivity index (χ0) is 15.8. The summed E-state index contributed by atoms with van der Waals surface area (Å²) in [7, 11) is 3.21. The van der Waals surface area contributed by atoms with Crippen molar-refractivity contribution in [2.24, 2.45) is 0 Å². The second kappa shape index (κ2) is 8.31. The Balaban J connectivity index is 2.52. The van der Waals surface area contributed by atoms with E-state index in [-0.39, 0.29) is 18.4 Å². The highest BCUT2D eigenvalue weighted by molar-refractivity contribution is 5.96. The zero-order valence-corrected chi connectivity index (χ0v) is 12.9. The van der Waals surface area contributed by atoms with E-state index in [0.717, 1.165) is 6.42 Å². The second-order valence-electron chi connectivity index (χ2n) is 4.80. The van der Waals surface area contributed by atoms with Crippen molar-refractivity contribution in [3.8, 4) is 0 Å². The van der Waals surface area contributed by atoms with Crippen LogP contribution >= 0.6 is 0 Å². The molecule has 2 amide bonds. The van der Waals surface area contributed by atoms with Crippen molar-refractivity contribution in [2.75, 3.05) is 39.6 Å². The van der Waals surface area contributed by atoms with Crippen molar-refractivity contribution in [1.82, 2.24) is 14.8 Å². The summed E-state index contributed by atoms with van der Waals surface area (Å²) < 4.78 is 6.67. The van der Waals surface area contributed by atoms with Gasteiger partial charge in [0.25, 0.3) is 5.91 Å². The highest BCUT2D eigenvalue weighted by Crippen LogP contribution is 2.12. The van der Waals surface area contributed by atoms with Gasteiger partial charge in [-0.2, -0.15) is 0 Å². The largest absolute Gasteiger partial charge is 0.397 e. The summed E-state index contributed by atoms with van der Waals surface area (Å²) in [4.78, 5) is 25.4. The second-order valence-corrected chi connectivity index (χ2v) is 4.80. The molecule has 7 heteroatoms. The molecule has 0 atom stereocenters. The van der Waals surface area contributed by atoms with Crippen LogP contribution in [0, 0.1) is 0 Å². The Bertz CT molecular complexity index is 485. The molecule has 0 bridgehead atoms. The van der Waals surface area contributed by atoms with E-state index in [9.17, 15) is 9.59 Å². The Morgan fingerprint density at radius 3 is 2.81 bits per heavy atom. The number of nitrogens with one attached hydrogen (secondary N) is 1. The number of methoxy groups -OCH3 is 1. The molecule has 0 radical (unpaired) electrons. The van der Waals surface area contributed by atoms with E-state index < -0.39 is 0 Å². The standard InChI is InChI=1S/C14H24N4O3/c1-4-18-9-11(15)8-12(18)14(20)17(2)10-13(19)16-6-5-7-21-3/h8-9H,4-7,10,15H2,1-3H3,(H,16,19). The molecule has 0 saturated carbocycles. The minimum atomic E-state index is -0.222. The van der Waals surface area contributed by atoms with Crippen molar-refractivity contribution in [3.05, 3.63) is 18.0 Å². The summed E-state index contributed by atoms with van der Waals surface area (Å²) in [6.07, 6.45) is 2.46. The zero-order valence-electron chi connectivity index (χ0n) is 12.9. The number of anilines is 1. The van der Waals surface area contributed by atoms with Gasteiger partial charge in [-0.3, -0.25) is 9.59 Å². The third-order valence-corrected chi connectivity index (χ3v) is 3.05. The average molecular weight is 296 g/mol. The minimum Gasteiger partial charge on any atom is -0.397 e. The van der Waals surface area contributed by atoms with E-state index in [2.05, 4.69) is 5.32 Å². The number of hydrogen-bond donors (Lipinski definition) is 2. The number of nitrogens with zero attached hydrogens (tertiary/aromatic N) is 2. The highest BCUT2D eigenvalue weighted by Gasteiger charge is 2.18. The number of nitrogens with two attached hydrogens (primary N) is 1. The van der Waals surface area contributed by atoms with Crippen LogP contribution in [0.15, 0.2) is 12.3 Å². The van der Waals surface area contributed by atoms with Gasteiger partial charge in [-0.1, -0.05) is 0 Å². The van der Waals surface area contributed by atoms with Crippen LogP contribution in [-0.4, -0.2) is 55.1 Å². The molecule has 0 aliphatic carbocycles. The Hall–Kier alpha value is -2.02. The maximum atomic E-state index is 12.3. The van der Waals surface area contributed by atoms with Crippen LogP contribution in [0.4, 0.5) is 5.69 Å². The Kier molecular flexibility index (Phi) is 6.74. The van der Waals surface area contributed by atoms with Crippen LogP contribution in [0.2, 0.25) is 0 Å². The van der Waals surface area contributed by atoms with Crippen molar-refractivity contribution in [1.29, 1.82) is 0 Å². The molecule has 1 aromatic heterocycles. The molecule has 1 heterocycles. The first kappa shape index (κ1) is 17.0. The molecule has 3 N–H and O–H groups in total. The fourth-order valence-corrected chi connectivity index (χ4v) is 1.96. The lowest BCUT2D eigenvalue weighted by Gasteiger charge is -2.17. The predicted molar refractivity (Wildman–Crippen MR) is 81.0 cm³/mol. The van der Waals surface area contributed by atoms with E-state index in [1.54, 1.807) is 31.0 Å². The van der Waals surface area contributed by atoms with E-state index in [4.69, 9.17) is 10.5 Å². The molecule has 0 fully saturated rings. The van der Waals surface area contributed by atoms with Crippen molar-refractivity contribution in [2.45, 2.75) is 19.9 Å². The van der Waals surface area contributed by atoms with Crippen LogP contribution in [0.3, 0.4) is 0 Å². The quantitative estimate of drug-likeness (QED) is 0.676. The number of carbonyl (C=O) groups excluding carboxylic acids is 2. The SMILES string of the molecule is CCn1cc(N)cc1C(=O)N(C)CC(=O)NCCCOC. The number of aromatic nitrogens is 1. The molecule has 7 nitrogen and oxygen atoms in total. The van der Waals surface area contributed by atoms with Crippen LogP contribution in [0.25, 0.3) is 0 Å². The summed E-state index contributed by atoms with van der Waals surface area (Å²) in [5.41, 5.74) is 6.74. The van der Waals surface area contributed by atoms with Crippen LogP contribution in [-0.2, 0) is 16.1 Å². The summed E-state index contributed by atoms with van der Waals surface area (Å²) in [5, 5.41) is 2.74. The van der Waals surface area contributed by atoms with Crippen molar-refractivity contribution >= 4 is 17.5 Å². The van der Waals surface area contributed by atoms with Crippen molar-refractivity contribution in [3.63, 3.8) is 0 Å². The number of carbonyl (C=O) groups is 2. The van der Waals surface area contributed by atoms with Crippen LogP contribution < -0.4 is 11.1 Å². The third kappa shape index (κ3) is 5.11. The molecule has 1 aromatic rings. The van der Waals surface area contributed by atoms with Gasteiger partial charge in [0.15, 0.2) is 0 Å².